The lowest BCUT2D eigenvalue weighted by molar-refractivity contribution is -0.141. The molecular weight excluding hydrogens is 256 g/mol. The standard InChI is InChI=1S/C13H13ClO4/c1-3-18-13(17)12(16)7-11(15)9-4-5-10(14)8(2)6-9/h4-7,16H,3H2,1-2H3/b12-7-. The average molecular weight is 269 g/mol. The van der Waals surface area contributed by atoms with Gasteiger partial charge in [-0.2, -0.15) is 0 Å². The van der Waals surface area contributed by atoms with Crippen molar-refractivity contribution in [3.8, 4) is 0 Å². The van der Waals surface area contributed by atoms with E-state index in [1.807, 2.05) is 0 Å². The van der Waals surface area contributed by atoms with E-state index < -0.39 is 17.5 Å². The highest BCUT2D eigenvalue weighted by atomic mass is 35.5. The van der Waals surface area contributed by atoms with Crippen LogP contribution in [0.3, 0.4) is 0 Å². The normalized spacial score (nSPS) is 11.2. The fraction of sp³-hybridized carbons (Fsp3) is 0.231. The molecule has 4 nitrogen and oxygen atoms in total. The summed E-state index contributed by atoms with van der Waals surface area (Å²) in [6, 6.07) is 4.69. The molecule has 0 aromatic heterocycles. The number of aryl methyl sites for hydroxylation is 1. The number of ether oxygens (including phenoxy) is 1. The first-order chi connectivity index (χ1) is 8.45. The molecule has 18 heavy (non-hydrogen) atoms. The molecule has 1 aromatic carbocycles. The van der Waals surface area contributed by atoms with Crippen molar-refractivity contribution in [2.24, 2.45) is 0 Å². The van der Waals surface area contributed by atoms with Gasteiger partial charge in [0.2, 0.25) is 5.76 Å². The first-order valence-electron chi connectivity index (χ1n) is 5.34. The lowest BCUT2D eigenvalue weighted by Crippen LogP contribution is -2.09. The number of aliphatic hydroxyl groups is 1. The zero-order chi connectivity index (χ0) is 13.7. The van der Waals surface area contributed by atoms with Gasteiger partial charge in [-0.25, -0.2) is 4.79 Å². The number of rotatable bonds is 4. The topological polar surface area (TPSA) is 63.6 Å². The average Bonchev–Trinajstić information content (AvgIpc) is 2.32. The molecule has 96 valence electrons. The molecular formula is C13H13ClO4. The van der Waals surface area contributed by atoms with Crippen molar-refractivity contribution < 1.29 is 19.4 Å². The molecule has 0 saturated carbocycles. The Hall–Kier alpha value is -1.81. The molecule has 0 bridgehead atoms. The molecule has 5 heteroatoms. The third-order valence-corrected chi connectivity index (χ3v) is 2.62. The molecule has 0 saturated heterocycles. The molecule has 0 amide bonds. The summed E-state index contributed by atoms with van der Waals surface area (Å²) in [4.78, 5) is 22.9. The van der Waals surface area contributed by atoms with E-state index in [1.165, 1.54) is 6.07 Å². The minimum atomic E-state index is -0.920. The Kier molecular flexibility index (Phi) is 4.92. The summed E-state index contributed by atoms with van der Waals surface area (Å²) in [5.41, 5.74) is 1.08. The molecule has 0 atom stereocenters. The highest BCUT2D eigenvalue weighted by Gasteiger charge is 2.12. The van der Waals surface area contributed by atoms with Gasteiger partial charge in [0.25, 0.3) is 0 Å². The second kappa shape index (κ2) is 6.21. The number of allylic oxidation sites excluding steroid dienone is 1. The van der Waals surface area contributed by atoms with Crippen molar-refractivity contribution in [1.29, 1.82) is 0 Å². The van der Waals surface area contributed by atoms with Crippen LogP contribution >= 0.6 is 11.6 Å². The van der Waals surface area contributed by atoms with Crippen LogP contribution in [0, 0.1) is 6.92 Å². The number of hydrogen-bond acceptors (Lipinski definition) is 4. The second-order valence-corrected chi connectivity index (χ2v) is 3.99. The minimum absolute atomic E-state index is 0.130. The van der Waals surface area contributed by atoms with Crippen molar-refractivity contribution in [3.63, 3.8) is 0 Å². The van der Waals surface area contributed by atoms with Gasteiger partial charge in [0.15, 0.2) is 5.78 Å². The van der Waals surface area contributed by atoms with Crippen LogP contribution in [0.2, 0.25) is 5.02 Å². The van der Waals surface area contributed by atoms with Crippen LogP contribution in [0.5, 0.6) is 0 Å². The van der Waals surface area contributed by atoms with Crippen LogP contribution in [-0.2, 0) is 9.53 Å². The highest BCUT2D eigenvalue weighted by Crippen LogP contribution is 2.17. The number of carbonyl (C=O) groups excluding carboxylic acids is 2. The van der Waals surface area contributed by atoms with E-state index >= 15 is 0 Å². The Bertz CT molecular complexity index is 506. The van der Waals surface area contributed by atoms with Crippen molar-refractivity contribution >= 4 is 23.4 Å². The summed E-state index contributed by atoms with van der Waals surface area (Å²) < 4.78 is 4.55. The van der Waals surface area contributed by atoms with E-state index in [4.69, 9.17) is 11.6 Å². The molecule has 0 unspecified atom stereocenters. The van der Waals surface area contributed by atoms with Gasteiger partial charge in [0, 0.05) is 16.7 Å². The van der Waals surface area contributed by atoms with Gasteiger partial charge < -0.3 is 9.84 Å². The van der Waals surface area contributed by atoms with Gasteiger partial charge >= 0.3 is 5.97 Å². The van der Waals surface area contributed by atoms with Crippen molar-refractivity contribution in [1.82, 2.24) is 0 Å². The summed E-state index contributed by atoms with van der Waals surface area (Å²) in [6.45, 7) is 3.49. The first kappa shape index (κ1) is 14.3. The smallest absolute Gasteiger partial charge is 0.373 e. The second-order valence-electron chi connectivity index (χ2n) is 3.58. The predicted octanol–water partition coefficient (Wildman–Crippen LogP) is 2.84. The quantitative estimate of drug-likeness (QED) is 0.395. The molecule has 1 rings (SSSR count). The lowest BCUT2D eigenvalue weighted by Gasteiger charge is -2.02. The maximum atomic E-state index is 11.7. The van der Waals surface area contributed by atoms with Crippen molar-refractivity contribution in [2.45, 2.75) is 13.8 Å². The number of hydrogen-bond donors (Lipinski definition) is 1. The third kappa shape index (κ3) is 3.60. The van der Waals surface area contributed by atoms with Crippen LogP contribution < -0.4 is 0 Å². The summed E-state index contributed by atoms with van der Waals surface area (Å²) in [6.07, 6.45) is 0.834. The Morgan fingerprint density at radius 3 is 2.67 bits per heavy atom. The maximum absolute atomic E-state index is 11.7. The Morgan fingerprint density at radius 2 is 2.11 bits per heavy atom. The van der Waals surface area contributed by atoms with Crippen LogP contribution in [0.4, 0.5) is 0 Å². The first-order valence-corrected chi connectivity index (χ1v) is 5.71. The molecule has 0 spiro atoms. The highest BCUT2D eigenvalue weighted by molar-refractivity contribution is 6.31. The number of carbonyl (C=O) groups is 2. The van der Waals surface area contributed by atoms with E-state index in [0.717, 1.165) is 11.6 Å². The minimum Gasteiger partial charge on any atom is -0.502 e. The van der Waals surface area contributed by atoms with Gasteiger partial charge in [-0.05, 0) is 37.6 Å². The van der Waals surface area contributed by atoms with Crippen LogP contribution in [0.25, 0.3) is 0 Å². The summed E-state index contributed by atoms with van der Waals surface area (Å²) in [7, 11) is 0. The number of halogens is 1. The van der Waals surface area contributed by atoms with Gasteiger partial charge in [-0.1, -0.05) is 11.6 Å². The molecule has 1 N–H and O–H groups in total. The molecule has 0 heterocycles. The molecule has 0 aliphatic rings. The number of benzene rings is 1. The van der Waals surface area contributed by atoms with Gasteiger partial charge in [-0.3, -0.25) is 4.79 Å². The van der Waals surface area contributed by atoms with E-state index in [9.17, 15) is 14.7 Å². The zero-order valence-electron chi connectivity index (χ0n) is 10.1. The maximum Gasteiger partial charge on any atom is 0.373 e. The van der Waals surface area contributed by atoms with Gasteiger partial charge in [0.1, 0.15) is 0 Å². The predicted molar refractivity (Wildman–Crippen MR) is 67.9 cm³/mol. The van der Waals surface area contributed by atoms with Crippen LogP contribution in [0.1, 0.15) is 22.8 Å². The van der Waals surface area contributed by atoms with E-state index in [1.54, 1.807) is 26.0 Å². The van der Waals surface area contributed by atoms with E-state index in [-0.39, 0.29) is 6.61 Å². The van der Waals surface area contributed by atoms with E-state index in [2.05, 4.69) is 4.74 Å². The fourth-order valence-electron chi connectivity index (χ4n) is 1.27. The lowest BCUT2D eigenvalue weighted by atomic mass is 10.1. The summed E-state index contributed by atoms with van der Waals surface area (Å²) in [5, 5.41) is 9.89. The van der Waals surface area contributed by atoms with Crippen molar-refractivity contribution in [3.05, 3.63) is 46.2 Å². The summed E-state index contributed by atoms with van der Waals surface area (Å²) >= 11 is 5.83. The van der Waals surface area contributed by atoms with Crippen LogP contribution in [0.15, 0.2) is 30.0 Å². The van der Waals surface area contributed by atoms with Gasteiger partial charge in [0.05, 0.1) is 6.61 Å². The fourth-order valence-corrected chi connectivity index (χ4v) is 1.39. The third-order valence-electron chi connectivity index (χ3n) is 2.19. The molecule has 0 aliphatic carbocycles. The van der Waals surface area contributed by atoms with Gasteiger partial charge in [-0.15, -0.1) is 0 Å². The monoisotopic (exact) mass is 268 g/mol. The SMILES string of the molecule is CCOC(=O)/C(O)=C/C(=O)c1ccc(Cl)c(C)c1. The van der Waals surface area contributed by atoms with Crippen LogP contribution in [-0.4, -0.2) is 23.5 Å². The molecule has 0 aliphatic heterocycles. The zero-order valence-corrected chi connectivity index (χ0v) is 10.8. The number of ketones is 1. The molecule has 1 aromatic rings. The van der Waals surface area contributed by atoms with Crippen molar-refractivity contribution in [2.75, 3.05) is 6.61 Å². The molecule has 0 radical (unpaired) electrons. The largest absolute Gasteiger partial charge is 0.502 e. The Balaban J connectivity index is 2.91. The Labute approximate surface area is 110 Å². The Morgan fingerprint density at radius 1 is 1.44 bits per heavy atom. The number of aliphatic hydroxyl groups excluding tert-OH is 1. The number of esters is 1. The molecule has 0 fully saturated rings. The van der Waals surface area contributed by atoms with E-state index in [0.29, 0.717) is 10.6 Å². The summed E-state index contributed by atoms with van der Waals surface area (Å²) in [5.74, 6) is -2.12.